The van der Waals surface area contributed by atoms with E-state index in [1.807, 2.05) is 72.8 Å². The Bertz CT molecular complexity index is 1420. The zero-order valence-corrected chi connectivity index (χ0v) is 22.8. The van der Waals surface area contributed by atoms with Crippen molar-refractivity contribution < 1.29 is 24.2 Å². The number of alkyl halides is 1. The number of nitrogens with zero attached hydrogens (tertiary/aromatic N) is 1. The number of anilines is 1. The molecule has 2 bridgehead atoms. The number of halogens is 1. The van der Waals surface area contributed by atoms with Crippen LogP contribution in [0, 0.1) is 11.8 Å². The Morgan fingerprint density at radius 1 is 1.03 bits per heavy atom. The molecule has 3 aliphatic heterocycles. The van der Waals surface area contributed by atoms with Crippen LogP contribution in [0.4, 0.5) is 5.69 Å². The van der Waals surface area contributed by atoms with Crippen LogP contribution in [0.3, 0.4) is 0 Å². The van der Waals surface area contributed by atoms with Crippen molar-refractivity contribution in [1.82, 2.24) is 10.2 Å². The van der Waals surface area contributed by atoms with Crippen LogP contribution < -0.4 is 10.6 Å². The summed E-state index contributed by atoms with van der Waals surface area (Å²) in [5.41, 5.74) is 0.435. The minimum absolute atomic E-state index is 0.119. The molecule has 3 fully saturated rings. The third-order valence-corrected chi connectivity index (χ3v) is 9.07. The maximum atomic E-state index is 13.9. The molecule has 0 saturated carbocycles. The van der Waals surface area contributed by atoms with Crippen molar-refractivity contribution in [3.8, 4) is 0 Å². The quantitative estimate of drug-likeness (QED) is 0.349. The van der Waals surface area contributed by atoms with Crippen LogP contribution >= 0.6 is 15.9 Å². The molecule has 3 aliphatic rings. The number of hydrogen-bond donors (Lipinski definition) is 3. The number of carbonyl (C=O) groups excluding carboxylic acids is 3. The Hall–Kier alpha value is -3.27. The molecule has 9 heteroatoms. The fraction of sp³-hybridized carbons (Fsp3) is 0.367. The van der Waals surface area contributed by atoms with E-state index in [1.165, 1.54) is 4.90 Å². The Labute approximate surface area is 234 Å². The standard InChI is InChI=1S/C30H30BrN3O5/c31-22-16-30-24(23(25(22)39-30)27(36)32-17-18-7-2-1-3-8-18)29(38)34(13-6-14-35)26(30)28(37)33-21-12-11-19-9-4-5-10-20(19)15-21/h1-5,7-12,15,22-26,35H,6,13-14,16-17H2,(H,32,36)(H,33,37)/t22?,23-,24-,25-,26?,30?/m0/s1. The van der Waals surface area contributed by atoms with Gasteiger partial charge in [0.25, 0.3) is 0 Å². The summed E-state index contributed by atoms with van der Waals surface area (Å²) in [6.45, 7) is 0.415. The molecular weight excluding hydrogens is 562 g/mol. The zero-order valence-electron chi connectivity index (χ0n) is 21.3. The summed E-state index contributed by atoms with van der Waals surface area (Å²) >= 11 is 3.69. The van der Waals surface area contributed by atoms with Gasteiger partial charge in [-0.15, -0.1) is 0 Å². The van der Waals surface area contributed by atoms with E-state index in [-0.39, 0.29) is 35.7 Å². The number of likely N-dealkylation sites (tertiary alicyclic amines) is 1. The van der Waals surface area contributed by atoms with E-state index in [0.717, 1.165) is 16.3 Å². The number of benzene rings is 3. The number of rotatable bonds is 8. The largest absolute Gasteiger partial charge is 0.396 e. The number of carbonyl (C=O) groups is 3. The van der Waals surface area contributed by atoms with Gasteiger partial charge in [-0.3, -0.25) is 14.4 Å². The van der Waals surface area contributed by atoms with Gasteiger partial charge in [-0.25, -0.2) is 0 Å². The van der Waals surface area contributed by atoms with Crippen LogP contribution in [0.25, 0.3) is 10.8 Å². The van der Waals surface area contributed by atoms with E-state index in [1.54, 1.807) is 0 Å². The maximum Gasteiger partial charge on any atom is 0.250 e. The lowest BCUT2D eigenvalue weighted by Crippen LogP contribution is -2.54. The molecule has 0 radical (unpaired) electrons. The van der Waals surface area contributed by atoms with Gasteiger partial charge in [0.15, 0.2) is 0 Å². The SMILES string of the molecule is O=C(Nc1ccc2ccccc2c1)C1N(CCCO)C(=O)[C@@H]2[C@H](C(=O)NCc3ccccc3)[C@H]3OC12CC3Br. The highest BCUT2D eigenvalue weighted by atomic mass is 79.9. The molecule has 1 spiro atoms. The van der Waals surface area contributed by atoms with Crippen molar-refractivity contribution >= 4 is 50.1 Å². The summed E-state index contributed by atoms with van der Waals surface area (Å²) < 4.78 is 6.51. The first-order valence-corrected chi connectivity index (χ1v) is 14.2. The highest BCUT2D eigenvalue weighted by molar-refractivity contribution is 9.09. The minimum Gasteiger partial charge on any atom is -0.396 e. The van der Waals surface area contributed by atoms with Crippen LogP contribution in [0.15, 0.2) is 72.8 Å². The summed E-state index contributed by atoms with van der Waals surface area (Å²) in [5, 5.41) is 17.6. The van der Waals surface area contributed by atoms with Gasteiger partial charge in [-0.2, -0.15) is 0 Å². The van der Waals surface area contributed by atoms with Gasteiger partial charge >= 0.3 is 0 Å². The smallest absolute Gasteiger partial charge is 0.250 e. The lowest BCUT2D eigenvalue weighted by Gasteiger charge is -2.34. The number of amides is 3. The van der Waals surface area contributed by atoms with Crippen molar-refractivity contribution in [3.63, 3.8) is 0 Å². The third-order valence-electron chi connectivity index (χ3n) is 8.22. The summed E-state index contributed by atoms with van der Waals surface area (Å²) in [5.74, 6) is -2.40. The first kappa shape index (κ1) is 26.0. The Balaban J connectivity index is 1.30. The third kappa shape index (κ3) is 4.42. The Morgan fingerprint density at radius 3 is 2.54 bits per heavy atom. The average molecular weight is 592 g/mol. The topological polar surface area (TPSA) is 108 Å². The van der Waals surface area contributed by atoms with Gasteiger partial charge in [0.1, 0.15) is 11.6 Å². The molecule has 3 heterocycles. The molecule has 3 aromatic carbocycles. The lowest BCUT2D eigenvalue weighted by atomic mass is 9.70. The van der Waals surface area contributed by atoms with E-state index in [0.29, 0.717) is 25.1 Å². The molecule has 6 atom stereocenters. The zero-order chi connectivity index (χ0) is 27.1. The fourth-order valence-electron chi connectivity index (χ4n) is 6.59. The first-order valence-electron chi connectivity index (χ1n) is 13.3. The van der Waals surface area contributed by atoms with E-state index in [4.69, 9.17) is 4.74 Å². The van der Waals surface area contributed by atoms with Crippen molar-refractivity contribution in [2.24, 2.45) is 11.8 Å². The molecule has 3 amide bonds. The first-order chi connectivity index (χ1) is 18.9. The van der Waals surface area contributed by atoms with Gasteiger partial charge < -0.3 is 25.4 Å². The molecule has 39 heavy (non-hydrogen) atoms. The monoisotopic (exact) mass is 591 g/mol. The van der Waals surface area contributed by atoms with E-state index >= 15 is 0 Å². The van der Waals surface area contributed by atoms with Crippen LogP contribution in [0.1, 0.15) is 18.4 Å². The maximum absolute atomic E-state index is 13.9. The molecule has 0 aromatic heterocycles. The predicted octanol–water partition coefficient (Wildman–Crippen LogP) is 3.23. The fourth-order valence-corrected chi connectivity index (χ4v) is 7.53. The van der Waals surface area contributed by atoms with Crippen molar-refractivity contribution in [3.05, 3.63) is 78.4 Å². The van der Waals surface area contributed by atoms with E-state index in [2.05, 4.69) is 26.6 Å². The predicted molar refractivity (Wildman–Crippen MR) is 150 cm³/mol. The summed E-state index contributed by atoms with van der Waals surface area (Å²) in [6, 6.07) is 22.2. The molecule has 3 aromatic rings. The van der Waals surface area contributed by atoms with Gasteiger partial charge in [-0.1, -0.05) is 76.6 Å². The number of aliphatic hydroxyl groups is 1. The summed E-state index contributed by atoms with van der Waals surface area (Å²) in [7, 11) is 0. The normalized spacial score (nSPS) is 29.0. The van der Waals surface area contributed by atoms with Crippen molar-refractivity contribution in [2.45, 2.75) is 42.0 Å². The van der Waals surface area contributed by atoms with Gasteiger partial charge in [0, 0.05) is 30.2 Å². The molecule has 3 N–H and O–H groups in total. The molecule has 0 aliphatic carbocycles. The Morgan fingerprint density at radius 2 is 1.77 bits per heavy atom. The van der Waals surface area contributed by atoms with Gasteiger partial charge in [0.05, 0.1) is 17.9 Å². The molecular formula is C30H30BrN3O5. The summed E-state index contributed by atoms with van der Waals surface area (Å²) in [6.07, 6.45) is 0.230. The molecule has 8 nitrogen and oxygen atoms in total. The van der Waals surface area contributed by atoms with Crippen molar-refractivity contribution in [2.75, 3.05) is 18.5 Å². The Kier molecular flexibility index (Phi) is 6.91. The number of hydrogen-bond acceptors (Lipinski definition) is 5. The second-order valence-electron chi connectivity index (χ2n) is 10.5. The van der Waals surface area contributed by atoms with Gasteiger partial charge in [0.2, 0.25) is 17.7 Å². The van der Waals surface area contributed by atoms with Crippen LogP contribution in [-0.4, -0.2) is 63.5 Å². The molecule has 6 rings (SSSR count). The summed E-state index contributed by atoms with van der Waals surface area (Å²) in [4.78, 5) is 42.7. The second kappa shape index (κ2) is 10.4. The molecule has 202 valence electrons. The lowest BCUT2D eigenvalue weighted by molar-refractivity contribution is -0.141. The van der Waals surface area contributed by atoms with Crippen LogP contribution in [0.5, 0.6) is 0 Å². The van der Waals surface area contributed by atoms with Crippen LogP contribution in [0.2, 0.25) is 0 Å². The molecule has 3 saturated heterocycles. The second-order valence-corrected chi connectivity index (χ2v) is 11.7. The number of aliphatic hydroxyl groups excluding tert-OH is 1. The number of ether oxygens (including phenoxy) is 1. The van der Waals surface area contributed by atoms with E-state index in [9.17, 15) is 19.5 Å². The highest BCUT2D eigenvalue weighted by Gasteiger charge is 2.76. The average Bonchev–Trinajstić information content (AvgIpc) is 3.54. The minimum atomic E-state index is -1.14. The van der Waals surface area contributed by atoms with Gasteiger partial charge in [-0.05, 0) is 41.3 Å². The number of nitrogens with one attached hydrogen (secondary N) is 2. The molecule has 3 unspecified atom stereocenters. The van der Waals surface area contributed by atoms with Crippen molar-refractivity contribution in [1.29, 1.82) is 0 Å². The highest BCUT2D eigenvalue weighted by Crippen LogP contribution is 2.60. The number of fused-ring (bicyclic) bond motifs is 2. The van der Waals surface area contributed by atoms with Crippen LogP contribution in [-0.2, 0) is 25.7 Å². The van der Waals surface area contributed by atoms with E-state index < -0.39 is 29.6 Å².